The quantitative estimate of drug-likeness (QED) is 0.192. The molecule has 0 saturated carbocycles. The zero-order chi connectivity index (χ0) is 33.8. The first-order chi connectivity index (χ1) is 24.7. The second-order valence-electron chi connectivity index (χ2n) is 12.6. The Morgan fingerprint density at radius 1 is 0.500 bits per heavy atom. The minimum Gasteiger partial charge on any atom is -0.312 e. The second-order valence-corrected chi connectivity index (χ2v) is 12.6. The Morgan fingerprint density at radius 3 is 1.76 bits per heavy atom. The molecule has 8 aromatic rings. The number of nitrogens with zero attached hydrogens (tertiary/aromatic N) is 5. The first-order valence-electron chi connectivity index (χ1n) is 16.6. The van der Waals surface area contributed by atoms with Gasteiger partial charge in [-0.3, -0.25) is 0 Å². The van der Waals surface area contributed by atoms with Gasteiger partial charge in [0, 0.05) is 44.1 Å². The van der Waals surface area contributed by atoms with Crippen molar-refractivity contribution in [3.8, 4) is 35.0 Å². The van der Waals surface area contributed by atoms with Crippen LogP contribution in [-0.4, -0.2) is 9.13 Å². The number of para-hydroxylation sites is 2. The lowest BCUT2D eigenvalue weighted by atomic mass is 9.92. The molecule has 0 spiro atoms. The zero-order valence-electron chi connectivity index (χ0n) is 26.9. The first-order valence-corrected chi connectivity index (χ1v) is 16.6. The second kappa shape index (κ2) is 11.5. The van der Waals surface area contributed by atoms with E-state index in [0.717, 1.165) is 79.3 Å². The molecule has 1 aliphatic rings. The van der Waals surface area contributed by atoms with Crippen LogP contribution in [0.3, 0.4) is 0 Å². The molecule has 0 amide bonds. The van der Waals surface area contributed by atoms with Crippen LogP contribution in [0, 0.1) is 34.0 Å². The number of fused-ring (bicyclic) bond motifs is 6. The smallest absolute Gasteiger partial charge is 0.0998 e. The maximum Gasteiger partial charge on any atom is 0.0998 e. The van der Waals surface area contributed by atoms with Crippen LogP contribution in [0.4, 0.5) is 0 Å². The van der Waals surface area contributed by atoms with Crippen LogP contribution in [0.2, 0.25) is 0 Å². The molecule has 0 aliphatic heterocycles. The van der Waals surface area contributed by atoms with Crippen molar-refractivity contribution in [3.05, 3.63) is 162 Å². The molecule has 0 bridgehead atoms. The molecule has 5 nitrogen and oxygen atoms in total. The average molecular weight is 638 g/mol. The summed E-state index contributed by atoms with van der Waals surface area (Å²) >= 11 is 0. The fraction of sp³-hybridized carbons (Fsp3) is 0.0444. The van der Waals surface area contributed by atoms with E-state index in [0.29, 0.717) is 16.7 Å². The summed E-state index contributed by atoms with van der Waals surface area (Å²) in [5.74, 6) is 0. The molecule has 6 aromatic carbocycles. The summed E-state index contributed by atoms with van der Waals surface area (Å²) in [4.78, 5) is 0. The number of hydrogen-bond acceptors (Lipinski definition) is 3. The first kappa shape index (κ1) is 29.0. The third kappa shape index (κ3) is 4.45. The molecule has 0 radical (unpaired) electrons. The fourth-order valence-electron chi connectivity index (χ4n) is 7.66. The maximum atomic E-state index is 10.3. The van der Waals surface area contributed by atoms with E-state index in [1.807, 2.05) is 48.5 Å². The summed E-state index contributed by atoms with van der Waals surface area (Å²) < 4.78 is 4.57. The number of nitriles is 3. The van der Waals surface area contributed by atoms with E-state index in [9.17, 15) is 15.8 Å². The van der Waals surface area contributed by atoms with Gasteiger partial charge in [0.1, 0.15) is 0 Å². The van der Waals surface area contributed by atoms with Crippen molar-refractivity contribution in [2.45, 2.75) is 12.8 Å². The van der Waals surface area contributed by atoms with E-state index in [4.69, 9.17) is 0 Å². The van der Waals surface area contributed by atoms with Gasteiger partial charge >= 0.3 is 0 Å². The van der Waals surface area contributed by atoms with Crippen LogP contribution in [0.5, 0.6) is 0 Å². The predicted octanol–water partition coefficient (Wildman–Crippen LogP) is 10.9. The van der Waals surface area contributed by atoms with Crippen LogP contribution in [0.1, 0.15) is 35.1 Å². The molecule has 0 N–H and O–H groups in total. The van der Waals surface area contributed by atoms with Gasteiger partial charge in [-0.25, -0.2) is 0 Å². The molecule has 0 saturated heterocycles. The third-order valence-corrected chi connectivity index (χ3v) is 9.88. The van der Waals surface area contributed by atoms with Gasteiger partial charge in [-0.05, 0) is 96.8 Å². The lowest BCUT2D eigenvalue weighted by Gasteiger charge is -2.20. The Morgan fingerprint density at radius 2 is 1.12 bits per heavy atom. The lowest BCUT2D eigenvalue weighted by Crippen LogP contribution is -2.03. The topological polar surface area (TPSA) is 81.2 Å². The molecule has 9 rings (SSSR count). The summed E-state index contributed by atoms with van der Waals surface area (Å²) in [5.41, 5.74) is 12.2. The largest absolute Gasteiger partial charge is 0.312 e. The molecule has 5 heteroatoms. The van der Waals surface area contributed by atoms with Gasteiger partial charge < -0.3 is 9.13 Å². The molecule has 50 heavy (non-hydrogen) atoms. The maximum absolute atomic E-state index is 10.3. The molecule has 0 fully saturated rings. The summed E-state index contributed by atoms with van der Waals surface area (Å²) in [5, 5.41) is 33.9. The van der Waals surface area contributed by atoms with Crippen molar-refractivity contribution in [1.82, 2.24) is 9.13 Å². The van der Waals surface area contributed by atoms with Crippen LogP contribution in [0.15, 0.2) is 140 Å². The van der Waals surface area contributed by atoms with Gasteiger partial charge in [-0.1, -0.05) is 66.7 Å². The minimum atomic E-state index is 0.584. The molecule has 1 aliphatic carbocycles. The highest BCUT2D eigenvalue weighted by Crippen LogP contribution is 2.40. The number of aromatic nitrogens is 2. The monoisotopic (exact) mass is 637 g/mol. The highest BCUT2D eigenvalue weighted by atomic mass is 15.0. The molecule has 232 valence electrons. The SMILES string of the molecule is N#Cc1ccc2c(c1)c1cc(C#N)ccc1n2C1=C(c2cccc(-c3cc(-n4c5ccccc5c5ccccc54)ccc3C#N)c2)C=CCC1. The van der Waals surface area contributed by atoms with Crippen LogP contribution in [-0.2, 0) is 0 Å². The van der Waals surface area contributed by atoms with Crippen molar-refractivity contribution in [3.63, 3.8) is 0 Å². The number of hydrogen-bond donors (Lipinski definition) is 0. The predicted molar refractivity (Wildman–Crippen MR) is 201 cm³/mol. The molecule has 2 heterocycles. The van der Waals surface area contributed by atoms with Crippen molar-refractivity contribution in [2.24, 2.45) is 0 Å². The fourth-order valence-corrected chi connectivity index (χ4v) is 7.66. The van der Waals surface area contributed by atoms with Crippen molar-refractivity contribution in [2.75, 3.05) is 0 Å². The van der Waals surface area contributed by atoms with Gasteiger partial charge in [-0.15, -0.1) is 0 Å². The summed E-state index contributed by atoms with van der Waals surface area (Å²) in [7, 11) is 0. The molecule has 0 atom stereocenters. The van der Waals surface area contributed by atoms with Gasteiger partial charge in [-0.2, -0.15) is 15.8 Å². The number of benzene rings is 6. The van der Waals surface area contributed by atoms with Crippen LogP contribution < -0.4 is 0 Å². The van der Waals surface area contributed by atoms with E-state index in [1.54, 1.807) is 0 Å². The molecular formula is C45H27N5. The lowest BCUT2D eigenvalue weighted by molar-refractivity contribution is 0.983. The zero-order valence-corrected chi connectivity index (χ0v) is 26.9. The molecule has 2 aromatic heterocycles. The van der Waals surface area contributed by atoms with Crippen molar-refractivity contribution < 1.29 is 0 Å². The Kier molecular flexibility index (Phi) is 6.70. The van der Waals surface area contributed by atoms with E-state index in [-0.39, 0.29) is 0 Å². The Bertz CT molecular complexity index is 2780. The van der Waals surface area contributed by atoms with Gasteiger partial charge in [0.05, 0.1) is 57.0 Å². The highest BCUT2D eigenvalue weighted by molar-refractivity contribution is 6.13. The van der Waals surface area contributed by atoms with E-state index < -0.39 is 0 Å². The van der Waals surface area contributed by atoms with E-state index >= 15 is 0 Å². The van der Waals surface area contributed by atoms with Crippen molar-refractivity contribution in [1.29, 1.82) is 15.8 Å². The standard InChI is InChI=1S/C45H27N5/c46-26-29-16-20-44-39(22-29)40-23-30(27-47)17-21-45(40)50(44)41-13-4-1-10-35(41)31-8-7-9-32(24-31)38-25-34(19-18-33(38)28-48)49-42-14-5-2-11-36(42)37-12-3-6-15-43(37)49/h1-3,5-12,14-25H,4,13H2. The number of allylic oxidation sites excluding steroid dienone is 4. The minimum absolute atomic E-state index is 0.584. The summed E-state index contributed by atoms with van der Waals surface area (Å²) in [6.07, 6.45) is 6.13. The highest BCUT2D eigenvalue weighted by Gasteiger charge is 2.20. The van der Waals surface area contributed by atoms with E-state index in [2.05, 4.69) is 118 Å². The van der Waals surface area contributed by atoms with Gasteiger partial charge in [0.25, 0.3) is 0 Å². The normalized spacial score (nSPS) is 12.8. The Labute approximate surface area is 288 Å². The van der Waals surface area contributed by atoms with Gasteiger partial charge in [0.2, 0.25) is 0 Å². The summed E-state index contributed by atoms with van der Waals surface area (Å²) in [6.45, 7) is 0. The third-order valence-electron chi connectivity index (χ3n) is 9.88. The van der Waals surface area contributed by atoms with Crippen LogP contribution in [0.25, 0.3) is 71.7 Å². The van der Waals surface area contributed by atoms with E-state index in [1.165, 1.54) is 10.8 Å². The molecule has 0 unspecified atom stereocenters. The Balaban J connectivity index is 1.24. The molecular weight excluding hydrogens is 611 g/mol. The van der Waals surface area contributed by atoms with Crippen LogP contribution >= 0.6 is 0 Å². The average Bonchev–Trinajstić information content (AvgIpc) is 3.69. The summed E-state index contributed by atoms with van der Waals surface area (Å²) in [6, 6.07) is 50.0. The number of rotatable bonds is 4. The van der Waals surface area contributed by atoms with Crippen molar-refractivity contribution >= 4 is 54.9 Å². The Hall–Kier alpha value is -7.13. The van der Waals surface area contributed by atoms with Gasteiger partial charge in [0.15, 0.2) is 0 Å².